The molecule has 1 aliphatic heterocycles. The maximum atomic E-state index is 13.4. The molecule has 0 radical (unpaired) electrons. The van der Waals surface area contributed by atoms with Crippen LogP contribution in [0.1, 0.15) is 11.6 Å². The fraction of sp³-hybridized carbons (Fsp3) is 0.320. The Hall–Kier alpha value is -2.96. The van der Waals surface area contributed by atoms with E-state index >= 15 is 0 Å². The minimum absolute atomic E-state index is 0.00100. The zero-order valence-corrected chi connectivity index (χ0v) is 17.8. The highest BCUT2D eigenvalue weighted by molar-refractivity contribution is 5.84. The van der Waals surface area contributed by atoms with Gasteiger partial charge in [-0.2, -0.15) is 0 Å². The Morgan fingerprint density at radius 3 is 2.45 bits per heavy atom. The maximum Gasteiger partial charge on any atom is 0.258 e. The van der Waals surface area contributed by atoms with Crippen LogP contribution in [0, 0.1) is 5.82 Å². The van der Waals surface area contributed by atoms with Gasteiger partial charge in [0.15, 0.2) is 6.61 Å². The van der Waals surface area contributed by atoms with Crippen LogP contribution in [-0.2, 0) is 4.79 Å². The van der Waals surface area contributed by atoms with Crippen molar-refractivity contribution in [2.24, 2.45) is 0 Å². The van der Waals surface area contributed by atoms with Gasteiger partial charge >= 0.3 is 0 Å². The zero-order chi connectivity index (χ0) is 21.6. The van der Waals surface area contributed by atoms with Gasteiger partial charge in [0.05, 0.1) is 6.04 Å². The molecule has 0 saturated carbocycles. The van der Waals surface area contributed by atoms with Crippen LogP contribution >= 0.6 is 0 Å². The number of halogens is 1. The first-order valence-electron chi connectivity index (χ1n) is 10.6. The lowest BCUT2D eigenvalue weighted by Gasteiger charge is -2.38. The SMILES string of the molecule is CN1CCN(C(CNC(=O)COc2ccc3ccccc3c2)c2ccc(F)cc2)CC1. The Balaban J connectivity index is 1.36. The molecule has 0 spiro atoms. The predicted molar refractivity (Wildman–Crippen MR) is 121 cm³/mol. The second kappa shape index (κ2) is 9.90. The summed E-state index contributed by atoms with van der Waals surface area (Å²) in [6.07, 6.45) is 0. The number of benzene rings is 3. The molecule has 1 unspecified atom stereocenters. The Bertz CT molecular complexity index is 1020. The third kappa shape index (κ3) is 5.60. The molecule has 1 saturated heterocycles. The van der Waals surface area contributed by atoms with Crippen LogP contribution in [0.4, 0.5) is 4.39 Å². The molecular weight excluding hydrogens is 393 g/mol. The molecule has 5 nitrogen and oxygen atoms in total. The minimum Gasteiger partial charge on any atom is -0.484 e. The molecule has 1 amide bonds. The number of rotatable bonds is 7. The molecule has 1 aliphatic rings. The molecule has 162 valence electrons. The van der Waals surface area contributed by atoms with Crippen molar-refractivity contribution in [2.45, 2.75) is 6.04 Å². The third-order valence-electron chi connectivity index (χ3n) is 5.82. The van der Waals surface area contributed by atoms with Gasteiger partial charge in [-0.15, -0.1) is 0 Å². The summed E-state index contributed by atoms with van der Waals surface area (Å²) in [7, 11) is 2.11. The summed E-state index contributed by atoms with van der Waals surface area (Å²) in [6.45, 7) is 4.16. The van der Waals surface area contributed by atoms with Gasteiger partial charge in [0.1, 0.15) is 11.6 Å². The molecule has 1 N–H and O–H groups in total. The van der Waals surface area contributed by atoms with E-state index in [2.05, 4.69) is 22.2 Å². The number of hydrogen-bond acceptors (Lipinski definition) is 4. The van der Waals surface area contributed by atoms with Crippen molar-refractivity contribution in [3.05, 3.63) is 78.1 Å². The number of fused-ring (bicyclic) bond motifs is 1. The van der Waals surface area contributed by atoms with Crippen molar-refractivity contribution < 1.29 is 13.9 Å². The lowest BCUT2D eigenvalue weighted by Crippen LogP contribution is -2.48. The highest BCUT2D eigenvalue weighted by Crippen LogP contribution is 2.23. The number of nitrogens with one attached hydrogen (secondary N) is 1. The summed E-state index contributed by atoms with van der Waals surface area (Å²) in [5.41, 5.74) is 1.00. The normalized spacial score (nSPS) is 16.2. The van der Waals surface area contributed by atoms with E-state index in [1.165, 1.54) is 12.1 Å². The minimum atomic E-state index is -0.256. The quantitative estimate of drug-likeness (QED) is 0.635. The van der Waals surface area contributed by atoms with Crippen molar-refractivity contribution in [3.8, 4) is 5.75 Å². The summed E-state index contributed by atoms with van der Waals surface area (Å²) >= 11 is 0. The summed E-state index contributed by atoms with van der Waals surface area (Å²) in [5.74, 6) is 0.242. The Kier molecular flexibility index (Phi) is 6.79. The molecule has 6 heteroatoms. The smallest absolute Gasteiger partial charge is 0.258 e. The molecule has 0 aliphatic carbocycles. The van der Waals surface area contributed by atoms with Crippen LogP contribution in [-0.4, -0.2) is 62.1 Å². The number of carbonyl (C=O) groups excluding carboxylic acids is 1. The van der Waals surface area contributed by atoms with Crippen molar-refractivity contribution >= 4 is 16.7 Å². The first-order valence-corrected chi connectivity index (χ1v) is 10.6. The predicted octanol–water partition coefficient (Wildman–Crippen LogP) is 3.46. The molecule has 4 rings (SSSR count). The topological polar surface area (TPSA) is 44.8 Å². The van der Waals surface area contributed by atoms with Crippen LogP contribution in [0.3, 0.4) is 0 Å². The number of hydrogen-bond donors (Lipinski definition) is 1. The van der Waals surface area contributed by atoms with Crippen LogP contribution in [0.25, 0.3) is 10.8 Å². The average Bonchev–Trinajstić information content (AvgIpc) is 2.80. The molecule has 1 heterocycles. The lowest BCUT2D eigenvalue weighted by molar-refractivity contribution is -0.123. The fourth-order valence-corrected chi connectivity index (χ4v) is 3.94. The summed E-state index contributed by atoms with van der Waals surface area (Å²) in [5, 5.41) is 5.21. The summed E-state index contributed by atoms with van der Waals surface area (Å²) < 4.78 is 19.1. The Morgan fingerprint density at radius 1 is 1.00 bits per heavy atom. The maximum absolute atomic E-state index is 13.4. The van der Waals surface area contributed by atoms with E-state index in [1.807, 2.05) is 42.5 Å². The van der Waals surface area contributed by atoms with E-state index < -0.39 is 0 Å². The van der Waals surface area contributed by atoms with Gasteiger partial charge in [-0.1, -0.05) is 42.5 Å². The number of nitrogens with zero attached hydrogens (tertiary/aromatic N) is 2. The standard InChI is InChI=1S/C25H28FN3O2/c1-28-12-14-29(15-13-28)24(20-6-9-22(26)10-7-20)17-27-25(30)18-31-23-11-8-19-4-2-3-5-21(19)16-23/h2-11,16,24H,12-15,17-18H2,1H3,(H,27,30). The van der Waals surface area contributed by atoms with Crippen molar-refractivity contribution in [1.82, 2.24) is 15.1 Å². The Morgan fingerprint density at radius 2 is 1.71 bits per heavy atom. The van der Waals surface area contributed by atoms with Crippen molar-refractivity contribution in [1.29, 1.82) is 0 Å². The van der Waals surface area contributed by atoms with E-state index in [-0.39, 0.29) is 24.4 Å². The molecule has 3 aromatic carbocycles. The van der Waals surface area contributed by atoms with Gasteiger partial charge in [0.25, 0.3) is 5.91 Å². The van der Waals surface area contributed by atoms with Gasteiger partial charge in [-0.3, -0.25) is 9.69 Å². The molecular formula is C25H28FN3O2. The van der Waals surface area contributed by atoms with E-state index in [0.717, 1.165) is 42.5 Å². The molecule has 1 atom stereocenters. The van der Waals surface area contributed by atoms with E-state index in [1.54, 1.807) is 12.1 Å². The first kappa shape index (κ1) is 21.3. The van der Waals surface area contributed by atoms with Crippen LogP contribution in [0.2, 0.25) is 0 Å². The van der Waals surface area contributed by atoms with Gasteiger partial charge in [0, 0.05) is 32.7 Å². The van der Waals surface area contributed by atoms with Crippen molar-refractivity contribution in [3.63, 3.8) is 0 Å². The second-order valence-corrected chi connectivity index (χ2v) is 8.01. The average molecular weight is 422 g/mol. The Labute approximate surface area is 182 Å². The highest BCUT2D eigenvalue weighted by Gasteiger charge is 2.24. The fourth-order valence-electron chi connectivity index (χ4n) is 3.94. The second-order valence-electron chi connectivity index (χ2n) is 8.01. The number of ether oxygens (including phenoxy) is 1. The zero-order valence-electron chi connectivity index (χ0n) is 17.8. The van der Waals surface area contributed by atoms with Crippen LogP contribution in [0.5, 0.6) is 5.75 Å². The van der Waals surface area contributed by atoms with Crippen molar-refractivity contribution in [2.75, 3.05) is 46.4 Å². The summed E-state index contributed by atoms with van der Waals surface area (Å²) in [6, 6.07) is 20.4. The van der Waals surface area contributed by atoms with Gasteiger partial charge in [0.2, 0.25) is 0 Å². The third-order valence-corrected chi connectivity index (χ3v) is 5.82. The van der Waals surface area contributed by atoms with Gasteiger partial charge in [-0.05, 0) is 47.6 Å². The molecule has 0 bridgehead atoms. The number of amides is 1. The van der Waals surface area contributed by atoms with E-state index in [9.17, 15) is 9.18 Å². The first-order chi connectivity index (χ1) is 15.1. The van der Waals surface area contributed by atoms with Gasteiger partial charge in [-0.25, -0.2) is 4.39 Å². The highest BCUT2D eigenvalue weighted by atomic mass is 19.1. The van der Waals surface area contributed by atoms with Crippen LogP contribution < -0.4 is 10.1 Å². The largest absolute Gasteiger partial charge is 0.484 e. The number of likely N-dealkylation sites (N-methyl/N-ethyl adjacent to an activating group) is 1. The molecule has 0 aromatic heterocycles. The molecule has 1 fully saturated rings. The van der Waals surface area contributed by atoms with E-state index in [4.69, 9.17) is 4.74 Å². The van der Waals surface area contributed by atoms with E-state index in [0.29, 0.717) is 12.3 Å². The summed E-state index contributed by atoms with van der Waals surface area (Å²) in [4.78, 5) is 17.1. The number of carbonyl (C=O) groups is 1. The van der Waals surface area contributed by atoms with Crippen LogP contribution in [0.15, 0.2) is 66.7 Å². The molecule has 31 heavy (non-hydrogen) atoms. The number of piperazine rings is 1. The van der Waals surface area contributed by atoms with Gasteiger partial charge < -0.3 is 15.0 Å². The molecule has 3 aromatic rings. The monoisotopic (exact) mass is 421 g/mol. The lowest BCUT2D eigenvalue weighted by atomic mass is 10.0.